The Morgan fingerprint density at radius 2 is 1.92 bits per heavy atom. The van der Waals surface area contributed by atoms with Crippen LogP contribution in [-0.4, -0.2) is 51.0 Å². The van der Waals surface area contributed by atoms with Crippen LogP contribution in [0.3, 0.4) is 0 Å². The summed E-state index contributed by atoms with van der Waals surface area (Å²) < 4.78 is 11.4. The van der Waals surface area contributed by atoms with E-state index in [-0.39, 0.29) is 23.7 Å². The van der Waals surface area contributed by atoms with Crippen molar-refractivity contribution in [2.45, 2.75) is 89.5 Å². The molecule has 0 aromatic carbocycles. The summed E-state index contributed by atoms with van der Waals surface area (Å²) in [5.74, 6) is -2.28. The number of aliphatic hydroxyl groups excluding tert-OH is 2. The van der Waals surface area contributed by atoms with Crippen molar-refractivity contribution >= 4 is 5.97 Å². The lowest BCUT2D eigenvalue weighted by Crippen LogP contribution is -2.51. The molecule has 6 unspecified atom stereocenters. The third-order valence-electron chi connectivity index (χ3n) is 6.23. The van der Waals surface area contributed by atoms with Crippen molar-refractivity contribution in [2.75, 3.05) is 0 Å². The molecular formula is C20H30O6. The second-order valence-electron chi connectivity index (χ2n) is 8.39. The summed E-state index contributed by atoms with van der Waals surface area (Å²) in [4.78, 5) is 12.1. The van der Waals surface area contributed by atoms with Gasteiger partial charge in [0.15, 0.2) is 0 Å². The summed E-state index contributed by atoms with van der Waals surface area (Å²) in [5.41, 5.74) is 0.129. The van der Waals surface area contributed by atoms with Crippen molar-refractivity contribution in [3.8, 4) is 0 Å². The van der Waals surface area contributed by atoms with Crippen molar-refractivity contribution in [3.63, 3.8) is 0 Å². The molecular weight excluding hydrogens is 336 g/mol. The molecule has 6 atom stereocenters. The number of rotatable bonds is 0. The van der Waals surface area contributed by atoms with E-state index >= 15 is 0 Å². The molecule has 6 nitrogen and oxygen atoms in total. The van der Waals surface area contributed by atoms with Crippen LogP contribution in [0.2, 0.25) is 0 Å². The highest BCUT2D eigenvalue weighted by atomic mass is 16.7. The number of esters is 1. The molecule has 0 aromatic heterocycles. The molecule has 1 saturated heterocycles. The van der Waals surface area contributed by atoms with Crippen molar-refractivity contribution in [1.29, 1.82) is 0 Å². The number of carbonyl (C=O) groups is 1. The normalized spacial score (nSPS) is 44.6. The summed E-state index contributed by atoms with van der Waals surface area (Å²) in [6, 6.07) is 0. The molecule has 2 bridgehead atoms. The molecule has 3 N–H and O–H groups in total. The van der Waals surface area contributed by atoms with Crippen molar-refractivity contribution in [1.82, 2.24) is 0 Å². The number of hydrogen-bond acceptors (Lipinski definition) is 6. The fourth-order valence-electron chi connectivity index (χ4n) is 4.50. The average molecular weight is 366 g/mol. The second kappa shape index (κ2) is 6.75. The van der Waals surface area contributed by atoms with E-state index in [0.717, 1.165) is 24.8 Å². The van der Waals surface area contributed by atoms with Gasteiger partial charge in [-0.15, -0.1) is 0 Å². The third-order valence-corrected chi connectivity index (χ3v) is 6.23. The van der Waals surface area contributed by atoms with Crippen LogP contribution in [0.25, 0.3) is 0 Å². The van der Waals surface area contributed by atoms with Gasteiger partial charge in [0, 0.05) is 17.6 Å². The molecule has 26 heavy (non-hydrogen) atoms. The van der Waals surface area contributed by atoms with Crippen LogP contribution in [0.1, 0.15) is 59.8 Å². The zero-order chi connectivity index (χ0) is 19.3. The topological polar surface area (TPSA) is 96.2 Å². The van der Waals surface area contributed by atoms with E-state index in [4.69, 9.17) is 9.47 Å². The summed E-state index contributed by atoms with van der Waals surface area (Å²) in [6.07, 6.45) is 2.58. The van der Waals surface area contributed by atoms with Crippen molar-refractivity contribution in [3.05, 3.63) is 22.8 Å². The van der Waals surface area contributed by atoms with E-state index in [1.54, 1.807) is 6.92 Å². The Hall–Kier alpha value is -1.21. The van der Waals surface area contributed by atoms with Crippen LogP contribution in [0.4, 0.5) is 0 Å². The van der Waals surface area contributed by atoms with Gasteiger partial charge in [-0.3, -0.25) is 0 Å². The Morgan fingerprint density at radius 1 is 1.23 bits per heavy atom. The van der Waals surface area contributed by atoms with Crippen LogP contribution < -0.4 is 0 Å². The lowest BCUT2D eigenvalue weighted by molar-refractivity contribution is -0.190. The maximum atomic E-state index is 12.1. The summed E-state index contributed by atoms with van der Waals surface area (Å²) in [6.45, 7) is 7.29. The van der Waals surface area contributed by atoms with Gasteiger partial charge < -0.3 is 24.8 Å². The van der Waals surface area contributed by atoms with E-state index in [2.05, 4.69) is 6.92 Å². The minimum atomic E-state index is -1.93. The van der Waals surface area contributed by atoms with Gasteiger partial charge in [-0.2, -0.15) is 0 Å². The SMILES string of the molecule is CC1=CCCC(C)C2CCC(C)(O2)C(O)C(O)C2=C(C)C(=O)OC2(O)C1. The number of allylic oxidation sites excluding steroid dienone is 1. The van der Waals surface area contributed by atoms with Crippen LogP contribution in [0.5, 0.6) is 0 Å². The highest BCUT2D eigenvalue weighted by Gasteiger charge is 2.54. The van der Waals surface area contributed by atoms with Gasteiger partial charge in [0.2, 0.25) is 5.79 Å². The number of fused-ring (bicyclic) bond motifs is 3. The van der Waals surface area contributed by atoms with Gasteiger partial charge in [0.05, 0.1) is 11.7 Å². The van der Waals surface area contributed by atoms with Gasteiger partial charge >= 0.3 is 5.97 Å². The summed E-state index contributed by atoms with van der Waals surface area (Å²) >= 11 is 0. The predicted octanol–water partition coefficient (Wildman–Crippen LogP) is 1.97. The Kier molecular flexibility index (Phi) is 5.07. The summed E-state index contributed by atoms with van der Waals surface area (Å²) in [7, 11) is 0. The van der Waals surface area contributed by atoms with Crippen LogP contribution >= 0.6 is 0 Å². The highest BCUT2D eigenvalue weighted by Crippen LogP contribution is 2.44. The molecule has 0 amide bonds. The predicted molar refractivity (Wildman–Crippen MR) is 95.0 cm³/mol. The quantitative estimate of drug-likeness (QED) is 0.448. The van der Waals surface area contributed by atoms with Gasteiger partial charge in [-0.1, -0.05) is 18.6 Å². The zero-order valence-corrected chi connectivity index (χ0v) is 16.0. The maximum Gasteiger partial charge on any atom is 0.336 e. The molecule has 3 aliphatic heterocycles. The van der Waals surface area contributed by atoms with Gasteiger partial charge in [-0.25, -0.2) is 4.79 Å². The molecule has 0 saturated carbocycles. The minimum absolute atomic E-state index is 0.0201. The molecule has 0 spiro atoms. The number of ether oxygens (including phenoxy) is 2. The van der Waals surface area contributed by atoms with Crippen LogP contribution in [-0.2, 0) is 14.3 Å². The molecule has 0 aliphatic carbocycles. The standard InChI is InChI=1S/C20H30O6/c1-11-6-5-7-12(2)14-8-9-19(4,25-14)17(22)16(21)15-13(3)18(23)26-20(15,24)10-11/h6,12,14,16-17,21-22,24H,5,7-10H2,1-4H3. The number of carbonyl (C=O) groups excluding carboxylic acids is 1. The van der Waals surface area contributed by atoms with E-state index in [0.29, 0.717) is 12.3 Å². The van der Waals surface area contributed by atoms with E-state index in [1.807, 2.05) is 13.0 Å². The smallest absolute Gasteiger partial charge is 0.336 e. The average Bonchev–Trinajstić information content (AvgIpc) is 3.05. The van der Waals surface area contributed by atoms with Gasteiger partial charge in [-0.05, 0) is 52.4 Å². The van der Waals surface area contributed by atoms with E-state index in [9.17, 15) is 20.1 Å². The Morgan fingerprint density at radius 3 is 2.62 bits per heavy atom. The largest absolute Gasteiger partial charge is 0.425 e. The molecule has 1 fully saturated rings. The van der Waals surface area contributed by atoms with E-state index < -0.39 is 29.6 Å². The van der Waals surface area contributed by atoms with E-state index in [1.165, 1.54) is 6.92 Å². The Labute approximate surface area is 154 Å². The fourth-order valence-corrected chi connectivity index (χ4v) is 4.50. The first-order chi connectivity index (χ1) is 12.1. The Bertz CT molecular complexity index is 653. The molecule has 3 aliphatic rings. The molecule has 6 heteroatoms. The first-order valence-electron chi connectivity index (χ1n) is 9.44. The van der Waals surface area contributed by atoms with Crippen LogP contribution in [0, 0.1) is 5.92 Å². The first kappa shape index (κ1) is 19.5. The minimum Gasteiger partial charge on any atom is -0.425 e. The summed E-state index contributed by atoms with van der Waals surface area (Å²) in [5, 5.41) is 32.8. The van der Waals surface area contributed by atoms with Crippen molar-refractivity contribution < 1.29 is 29.6 Å². The molecule has 3 heterocycles. The second-order valence-corrected chi connectivity index (χ2v) is 8.39. The van der Waals surface area contributed by atoms with Crippen LogP contribution in [0.15, 0.2) is 22.8 Å². The lowest BCUT2D eigenvalue weighted by Gasteiger charge is -2.37. The monoisotopic (exact) mass is 366 g/mol. The number of hydrogen-bond donors (Lipinski definition) is 3. The zero-order valence-electron chi connectivity index (χ0n) is 16.0. The van der Waals surface area contributed by atoms with Crippen molar-refractivity contribution in [2.24, 2.45) is 5.92 Å². The molecule has 146 valence electrons. The number of aliphatic hydroxyl groups is 3. The van der Waals surface area contributed by atoms with Gasteiger partial charge in [0.1, 0.15) is 12.2 Å². The lowest BCUT2D eigenvalue weighted by atomic mass is 9.83. The molecule has 3 rings (SSSR count). The maximum absolute atomic E-state index is 12.1. The Balaban J connectivity index is 2.03. The fraction of sp³-hybridized carbons (Fsp3) is 0.750. The third kappa shape index (κ3) is 3.24. The molecule has 0 radical (unpaired) electrons. The highest BCUT2D eigenvalue weighted by molar-refractivity contribution is 5.92. The van der Waals surface area contributed by atoms with Gasteiger partial charge in [0.25, 0.3) is 0 Å². The molecule has 0 aromatic rings. The first-order valence-corrected chi connectivity index (χ1v) is 9.44.